The number of carbonyl (C=O) groups is 1. The zero-order valence-corrected chi connectivity index (χ0v) is 14.8. The Hall–Kier alpha value is -3.50. The normalized spacial score (nSPS) is 11.6. The van der Waals surface area contributed by atoms with Crippen LogP contribution in [0.25, 0.3) is 11.4 Å². The van der Waals surface area contributed by atoms with E-state index in [-0.39, 0.29) is 11.8 Å². The molecular weight excluding hydrogens is 344 g/mol. The predicted molar refractivity (Wildman–Crippen MR) is 97.1 cm³/mol. The summed E-state index contributed by atoms with van der Waals surface area (Å²) in [7, 11) is 0. The van der Waals surface area contributed by atoms with Gasteiger partial charge in [0.1, 0.15) is 0 Å². The van der Waals surface area contributed by atoms with Gasteiger partial charge in [0, 0.05) is 18.7 Å². The maximum absolute atomic E-state index is 12.6. The molecule has 0 saturated heterocycles. The molecule has 0 aliphatic rings. The Morgan fingerprint density at radius 1 is 1.22 bits per heavy atom. The van der Waals surface area contributed by atoms with Gasteiger partial charge in [-0.25, -0.2) is 0 Å². The minimum atomic E-state index is -0.988. The lowest BCUT2D eigenvalue weighted by atomic mass is 10.1. The van der Waals surface area contributed by atoms with E-state index in [1.807, 2.05) is 30.3 Å². The molecule has 1 heterocycles. The molecule has 3 rings (SSSR count). The molecule has 0 fully saturated rings. The monoisotopic (exact) mass is 362 g/mol. The first-order chi connectivity index (χ1) is 13.2. The number of hydrogen-bond acceptors (Lipinski definition) is 6. The van der Waals surface area contributed by atoms with Crippen LogP contribution in [0.4, 0.5) is 0 Å². The van der Waals surface area contributed by atoms with Crippen LogP contribution in [0.3, 0.4) is 0 Å². The van der Waals surface area contributed by atoms with Gasteiger partial charge in [-0.2, -0.15) is 10.2 Å². The van der Waals surface area contributed by atoms with Crippen molar-refractivity contribution >= 4 is 5.91 Å². The Labute approximate surface area is 156 Å². The second-order valence-corrected chi connectivity index (χ2v) is 5.68. The number of hydrogen-bond donors (Lipinski definition) is 1. The van der Waals surface area contributed by atoms with E-state index in [1.165, 1.54) is 0 Å². The van der Waals surface area contributed by atoms with E-state index < -0.39 is 6.10 Å². The zero-order chi connectivity index (χ0) is 19.1. The molecule has 27 heavy (non-hydrogen) atoms. The van der Waals surface area contributed by atoms with Crippen molar-refractivity contribution in [2.45, 2.75) is 19.6 Å². The van der Waals surface area contributed by atoms with E-state index in [1.54, 1.807) is 31.2 Å². The topological polar surface area (TPSA) is 101 Å². The lowest BCUT2D eigenvalue weighted by Crippen LogP contribution is -2.30. The van der Waals surface area contributed by atoms with E-state index in [0.29, 0.717) is 24.5 Å². The van der Waals surface area contributed by atoms with Gasteiger partial charge in [-0.1, -0.05) is 47.6 Å². The number of benzene rings is 2. The Morgan fingerprint density at radius 2 is 1.96 bits per heavy atom. The molecule has 2 aromatic carbocycles. The van der Waals surface area contributed by atoms with E-state index in [9.17, 15) is 4.79 Å². The molecule has 0 unspecified atom stereocenters. The first kappa shape index (κ1) is 18.3. The predicted octanol–water partition coefficient (Wildman–Crippen LogP) is 3.00. The van der Waals surface area contributed by atoms with Gasteiger partial charge < -0.3 is 14.6 Å². The summed E-state index contributed by atoms with van der Waals surface area (Å²) in [4.78, 5) is 16.9. The van der Waals surface area contributed by atoms with Gasteiger partial charge in [0.2, 0.25) is 11.9 Å². The maximum Gasteiger partial charge on any atom is 0.265 e. The highest BCUT2D eigenvalue weighted by Crippen LogP contribution is 2.21. The van der Waals surface area contributed by atoms with Crippen molar-refractivity contribution in [2.24, 2.45) is 0 Å². The first-order valence-corrected chi connectivity index (χ1v) is 8.48. The molecular formula is C20H18N4O3. The van der Waals surface area contributed by atoms with Crippen LogP contribution < -0.4 is 5.32 Å². The molecule has 0 aliphatic heterocycles. The Balaban J connectivity index is 1.70. The molecule has 1 amide bonds. The van der Waals surface area contributed by atoms with Crippen LogP contribution in [-0.4, -0.2) is 22.7 Å². The van der Waals surface area contributed by atoms with Gasteiger partial charge >= 0.3 is 0 Å². The summed E-state index contributed by atoms with van der Waals surface area (Å²) in [5.74, 6) is 0.132. The van der Waals surface area contributed by atoms with Crippen LogP contribution in [-0.2, 0) is 16.1 Å². The standard InChI is InChI=1S/C20H18N4O3/c1-2-26-17(19(25)22-13-15-10-8-14(12-21)9-11-15)20-23-18(24-27-20)16-6-4-3-5-7-16/h3-11,17H,2,13H2,1H3,(H,22,25)/t17-/m1/s1. The number of nitrogens with one attached hydrogen (secondary N) is 1. The summed E-state index contributed by atoms with van der Waals surface area (Å²) in [6, 6.07) is 18.4. The highest BCUT2D eigenvalue weighted by molar-refractivity contribution is 5.81. The van der Waals surface area contributed by atoms with Crippen LogP contribution >= 0.6 is 0 Å². The lowest BCUT2D eigenvalue weighted by Gasteiger charge is -2.13. The van der Waals surface area contributed by atoms with E-state index in [4.69, 9.17) is 14.5 Å². The van der Waals surface area contributed by atoms with Gasteiger partial charge in [0.05, 0.1) is 11.6 Å². The van der Waals surface area contributed by atoms with Crippen molar-refractivity contribution in [2.75, 3.05) is 6.61 Å². The van der Waals surface area contributed by atoms with Gasteiger partial charge in [0.25, 0.3) is 11.8 Å². The number of rotatable bonds is 7. The minimum absolute atomic E-state index is 0.105. The molecule has 1 atom stereocenters. The largest absolute Gasteiger partial charge is 0.359 e. The summed E-state index contributed by atoms with van der Waals surface area (Å²) in [5, 5.41) is 15.6. The Kier molecular flexibility index (Phi) is 5.92. The number of ether oxygens (including phenoxy) is 1. The van der Waals surface area contributed by atoms with E-state index in [0.717, 1.165) is 11.1 Å². The average molecular weight is 362 g/mol. The molecule has 3 aromatic rings. The molecule has 0 saturated carbocycles. The smallest absolute Gasteiger partial charge is 0.265 e. The van der Waals surface area contributed by atoms with Crippen LogP contribution in [0, 0.1) is 11.3 Å². The summed E-state index contributed by atoms with van der Waals surface area (Å²) in [6.07, 6.45) is -0.988. The first-order valence-electron chi connectivity index (χ1n) is 8.48. The number of nitrogens with zero attached hydrogens (tertiary/aromatic N) is 3. The third kappa shape index (κ3) is 4.57. The summed E-state index contributed by atoms with van der Waals surface area (Å²) in [5.41, 5.74) is 2.23. The van der Waals surface area contributed by atoms with Gasteiger partial charge in [-0.15, -0.1) is 0 Å². The van der Waals surface area contributed by atoms with Gasteiger partial charge in [0.15, 0.2) is 0 Å². The van der Waals surface area contributed by atoms with Crippen LogP contribution in [0.5, 0.6) is 0 Å². The molecule has 1 N–H and O–H groups in total. The fourth-order valence-corrected chi connectivity index (χ4v) is 2.45. The van der Waals surface area contributed by atoms with Crippen molar-refractivity contribution in [1.82, 2.24) is 15.5 Å². The SMILES string of the molecule is CCO[C@H](C(=O)NCc1ccc(C#N)cc1)c1nc(-c2ccccc2)no1. The van der Waals surface area contributed by atoms with E-state index in [2.05, 4.69) is 21.5 Å². The quantitative estimate of drug-likeness (QED) is 0.693. The molecule has 1 aromatic heterocycles. The third-order valence-corrected chi connectivity index (χ3v) is 3.82. The minimum Gasteiger partial charge on any atom is -0.359 e. The molecule has 0 bridgehead atoms. The van der Waals surface area contributed by atoms with Crippen molar-refractivity contribution in [3.63, 3.8) is 0 Å². The van der Waals surface area contributed by atoms with Crippen LogP contribution in [0.2, 0.25) is 0 Å². The Morgan fingerprint density at radius 3 is 2.63 bits per heavy atom. The summed E-state index contributed by atoms with van der Waals surface area (Å²) < 4.78 is 10.8. The fraction of sp³-hybridized carbons (Fsp3) is 0.200. The molecule has 7 nitrogen and oxygen atoms in total. The lowest BCUT2D eigenvalue weighted by molar-refractivity contribution is -0.134. The second kappa shape index (κ2) is 8.74. The third-order valence-electron chi connectivity index (χ3n) is 3.82. The molecule has 7 heteroatoms. The number of carbonyl (C=O) groups excluding carboxylic acids is 1. The highest BCUT2D eigenvalue weighted by Gasteiger charge is 2.27. The van der Waals surface area contributed by atoms with Crippen LogP contribution in [0.15, 0.2) is 59.1 Å². The molecule has 136 valence electrons. The molecule has 0 spiro atoms. The summed E-state index contributed by atoms with van der Waals surface area (Å²) in [6.45, 7) is 2.40. The van der Waals surface area contributed by atoms with Crippen LogP contribution in [0.1, 0.15) is 30.0 Å². The average Bonchev–Trinajstić information content (AvgIpc) is 3.21. The zero-order valence-electron chi connectivity index (χ0n) is 14.8. The van der Waals surface area contributed by atoms with Crippen molar-refractivity contribution < 1.29 is 14.1 Å². The summed E-state index contributed by atoms with van der Waals surface area (Å²) >= 11 is 0. The number of aromatic nitrogens is 2. The fourth-order valence-electron chi connectivity index (χ4n) is 2.45. The van der Waals surface area contributed by atoms with Gasteiger partial charge in [-0.05, 0) is 24.6 Å². The molecule has 0 radical (unpaired) electrons. The maximum atomic E-state index is 12.6. The second-order valence-electron chi connectivity index (χ2n) is 5.68. The molecule has 0 aliphatic carbocycles. The number of amides is 1. The highest BCUT2D eigenvalue weighted by atomic mass is 16.5. The van der Waals surface area contributed by atoms with Crippen molar-refractivity contribution in [3.05, 3.63) is 71.6 Å². The van der Waals surface area contributed by atoms with E-state index >= 15 is 0 Å². The van der Waals surface area contributed by atoms with Crippen molar-refractivity contribution in [3.8, 4) is 17.5 Å². The van der Waals surface area contributed by atoms with Gasteiger partial charge in [-0.3, -0.25) is 4.79 Å². The number of nitriles is 1. The van der Waals surface area contributed by atoms with Crippen molar-refractivity contribution in [1.29, 1.82) is 5.26 Å². The Bertz CT molecular complexity index is 930.